The average molecular weight is 270 g/mol. The first-order chi connectivity index (χ1) is 9.13. The molecule has 0 spiro atoms. The molecule has 0 aliphatic carbocycles. The number of piperidine rings is 1. The van der Waals surface area contributed by atoms with E-state index in [-0.39, 0.29) is 12.3 Å². The van der Waals surface area contributed by atoms with Crippen molar-refractivity contribution in [3.05, 3.63) is 0 Å². The second-order valence-corrected chi connectivity index (χ2v) is 5.36. The molecule has 0 aromatic rings. The van der Waals surface area contributed by atoms with E-state index < -0.39 is 5.97 Å². The Morgan fingerprint density at radius 2 is 1.79 bits per heavy atom. The number of hydrogen-bond acceptors (Lipinski definition) is 3. The van der Waals surface area contributed by atoms with Gasteiger partial charge in [-0.3, -0.25) is 9.59 Å². The monoisotopic (exact) mass is 270 g/mol. The predicted molar refractivity (Wildman–Crippen MR) is 73.7 cm³/mol. The highest BCUT2D eigenvalue weighted by molar-refractivity contribution is 5.76. The fourth-order valence-electron chi connectivity index (χ4n) is 2.55. The van der Waals surface area contributed by atoms with Crippen LogP contribution in [0.25, 0.3) is 0 Å². The van der Waals surface area contributed by atoms with E-state index in [1.807, 2.05) is 4.90 Å². The first kappa shape index (κ1) is 16.0. The molecule has 1 aliphatic heterocycles. The minimum absolute atomic E-state index is 0.244. The average Bonchev–Trinajstić information content (AvgIpc) is 2.41. The van der Waals surface area contributed by atoms with Crippen LogP contribution in [0.4, 0.5) is 0 Å². The Kier molecular flexibility index (Phi) is 7.48. The van der Waals surface area contributed by atoms with Crippen molar-refractivity contribution in [2.45, 2.75) is 51.4 Å². The van der Waals surface area contributed by atoms with Gasteiger partial charge in [0.05, 0.1) is 0 Å². The molecule has 5 nitrogen and oxygen atoms in total. The van der Waals surface area contributed by atoms with Gasteiger partial charge in [0.1, 0.15) is 0 Å². The zero-order valence-corrected chi connectivity index (χ0v) is 11.6. The van der Waals surface area contributed by atoms with E-state index in [2.05, 4.69) is 0 Å². The van der Waals surface area contributed by atoms with E-state index in [9.17, 15) is 9.59 Å². The normalized spacial score (nSPS) is 16.6. The van der Waals surface area contributed by atoms with Crippen LogP contribution >= 0.6 is 0 Å². The molecular weight excluding hydrogens is 244 g/mol. The maximum atomic E-state index is 11.9. The number of rotatable bonds is 8. The van der Waals surface area contributed by atoms with Crippen LogP contribution < -0.4 is 5.73 Å². The quantitative estimate of drug-likeness (QED) is 0.656. The fraction of sp³-hybridized carbons (Fsp3) is 0.857. The number of carbonyl (C=O) groups is 2. The Morgan fingerprint density at radius 3 is 2.37 bits per heavy atom. The second kappa shape index (κ2) is 8.91. The summed E-state index contributed by atoms with van der Waals surface area (Å²) in [4.78, 5) is 24.4. The number of carboxylic acids is 1. The molecule has 0 unspecified atom stereocenters. The summed E-state index contributed by atoms with van der Waals surface area (Å²) in [5.41, 5.74) is 5.42. The van der Waals surface area contributed by atoms with Gasteiger partial charge in [0.15, 0.2) is 0 Å². The maximum absolute atomic E-state index is 11.9. The number of carboxylic acid groups (broad SMARTS) is 1. The molecule has 0 aromatic heterocycles. The number of nitrogens with two attached hydrogens (primary N) is 1. The van der Waals surface area contributed by atoms with Crippen molar-refractivity contribution in [1.29, 1.82) is 0 Å². The van der Waals surface area contributed by atoms with Gasteiger partial charge in [0.25, 0.3) is 0 Å². The maximum Gasteiger partial charge on any atom is 0.303 e. The molecule has 1 amide bonds. The van der Waals surface area contributed by atoms with Gasteiger partial charge in [-0.05, 0) is 44.6 Å². The van der Waals surface area contributed by atoms with Gasteiger partial charge in [0.2, 0.25) is 5.91 Å². The number of amides is 1. The number of carbonyl (C=O) groups excluding carboxylic acids is 1. The Hall–Kier alpha value is -1.10. The van der Waals surface area contributed by atoms with E-state index in [0.717, 1.165) is 51.6 Å². The second-order valence-electron chi connectivity index (χ2n) is 5.36. The zero-order chi connectivity index (χ0) is 14.1. The summed E-state index contributed by atoms with van der Waals surface area (Å²) in [6.45, 7) is 2.28. The van der Waals surface area contributed by atoms with Gasteiger partial charge in [-0.1, -0.05) is 6.42 Å². The summed E-state index contributed by atoms with van der Waals surface area (Å²) < 4.78 is 0. The van der Waals surface area contributed by atoms with Gasteiger partial charge >= 0.3 is 5.97 Å². The number of unbranched alkanes of at least 4 members (excludes halogenated alkanes) is 2. The molecule has 0 atom stereocenters. The molecule has 1 saturated heterocycles. The number of likely N-dealkylation sites (tertiary alicyclic amines) is 1. The van der Waals surface area contributed by atoms with Crippen LogP contribution in [0.1, 0.15) is 51.4 Å². The molecule has 5 heteroatoms. The minimum Gasteiger partial charge on any atom is -0.481 e. The Balaban J connectivity index is 2.14. The van der Waals surface area contributed by atoms with Crippen LogP contribution in [-0.2, 0) is 9.59 Å². The topological polar surface area (TPSA) is 83.6 Å². The minimum atomic E-state index is -0.724. The summed E-state index contributed by atoms with van der Waals surface area (Å²) >= 11 is 0. The summed E-state index contributed by atoms with van der Waals surface area (Å²) in [6.07, 6.45) is 6.45. The van der Waals surface area contributed by atoms with Gasteiger partial charge in [-0.25, -0.2) is 0 Å². The Labute approximate surface area is 115 Å². The van der Waals surface area contributed by atoms with Crippen molar-refractivity contribution >= 4 is 11.9 Å². The third-order valence-electron chi connectivity index (χ3n) is 3.83. The molecule has 1 aliphatic rings. The lowest BCUT2D eigenvalue weighted by molar-refractivity contribution is -0.138. The van der Waals surface area contributed by atoms with Crippen LogP contribution in [0.3, 0.4) is 0 Å². The van der Waals surface area contributed by atoms with E-state index >= 15 is 0 Å². The number of nitrogens with zero attached hydrogens (tertiary/aromatic N) is 1. The van der Waals surface area contributed by atoms with Gasteiger partial charge in [-0.15, -0.1) is 0 Å². The third-order valence-corrected chi connectivity index (χ3v) is 3.83. The first-order valence-electron chi connectivity index (χ1n) is 7.33. The lowest BCUT2D eigenvalue weighted by atomic mass is 9.92. The van der Waals surface area contributed by atoms with Crippen molar-refractivity contribution < 1.29 is 14.7 Å². The molecule has 1 heterocycles. The first-order valence-corrected chi connectivity index (χ1v) is 7.33. The molecule has 3 N–H and O–H groups in total. The number of hydrogen-bond donors (Lipinski definition) is 2. The lowest BCUT2D eigenvalue weighted by Crippen LogP contribution is -2.38. The van der Waals surface area contributed by atoms with E-state index in [1.54, 1.807) is 0 Å². The summed E-state index contributed by atoms with van der Waals surface area (Å²) in [6, 6.07) is 0. The standard InChI is InChI=1S/C14H26N2O3/c15-9-3-1-2-4-13(17)16-10-7-12(8-11-16)5-6-14(18)19/h12H,1-11,15H2,(H,18,19). The van der Waals surface area contributed by atoms with E-state index in [4.69, 9.17) is 10.8 Å². The van der Waals surface area contributed by atoms with Crippen molar-refractivity contribution in [3.63, 3.8) is 0 Å². The predicted octanol–water partition coefficient (Wildman–Crippen LogP) is 1.61. The SMILES string of the molecule is NCCCCCC(=O)N1CCC(CCC(=O)O)CC1. The van der Waals surface area contributed by atoms with Crippen LogP contribution in [0.5, 0.6) is 0 Å². The summed E-state index contributed by atoms with van der Waals surface area (Å²) in [7, 11) is 0. The van der Waals surface area contributed by atoms with Crippen molar-refractivity contribution in [2.75, 3.05) is 19.6 Å². The molecule has 1 rings (SSSR count). The fourth-order valence-corrected chi connectivity index (χ4v) is 2.55. The molecule has 0 saturated carbocycles. The van der Waals surface area contributed by atoms with Crippen molar-refractivity contribution in [2.24, 2.45) is 11.7 Å². The molecule has 0 radical (unpaired) electrons. The molecule has 1 fully saturated rings. The highest BCUT2D eigenvalue weighted by Gasteiger charge is 2.22. The van der Waals surface area contributed by atoms with Crippen molar-refractivity contribution in [3.8, 4) is 0 Å². The smallest absolute Gasteiger partial charge is 0.303 e. The van der Waals surface area contributed by atoms with Crippen LogP contribution in [0, 0.1) is 5.92 Å². The largest absolute Gasteiger partial charge is 0.481 e. The van der Waals surface area contributed by atoms with E-state index in [0.29, 0.717) is 18.9 Å². The third kappa shape index (κ3) is 6.57. The van der Waals surface area contributed by atoms with Crippen LogP contribution in [0.2, 0.25) is 0 Å². The zero-order valence-electron chi connectivity index (χ0n) is 11.6. The molecular formula is C14H26N2O3. The lowest BCUT2D eigenvalue weighted by Gasteiger charge is -2.32. The van der Waals surface area contributed by atoms with Gasteiger partial charge in [0, 0.05) is 25.9 Å². The Morgan fingerprint density at radius 1 is 1.11 bits per heavy atom. The molecule has 19 heavy (non-hydrogen) atoms. The molecule has 0 bridgehead atoms. The van der Waals surface area contributed by atoms with E-state index in [1.165, 1.54) is 0 Å². The highest BCUT2D eigenvalue weighted by atomic mass is 16.4. The number of aliphatic carboxylic acids is 1. The van der Waals surface area contributed by atoms with Gasteiger partial charge < -0.3 is 15.7 Å². The summed E-state index contributed by atoms with van der Waals surface area (Å²) in [5, 5.41) is 8.65. The highest BCUT2D eigenvalue weighted by Crippen LogP contribution is 2.22. The summed E-state index contributed by atoms with van der Waals surface area (Å²) in [5.74, 6) is -0.00972. The van der Waals surface area contributed by atoms with Gasteiger partial charge in [-0.2, -0.15) is 0 Å². The van der Waals surface area contributed by atoms with Crippen LogP contribution in [-0.4, -0.2) is 41.5 Å². The Bertz CT molecular complexity index is 286. The van der Waals surface area contributed by atoms with Crippen molar-refractivity contribution in [1.82, 2.24) is 4.90 Å². The molecule has 0 aromatic carbocycles. The van der Waals surface area contributed by atoms with Crippen LogP contribution in [0.15, 0.2) is 0 Å². The molecule has 110 valence electrons.